The molecular formula is C13H22N2O3S. The zero-order chi connectivity index (χ0) is 13.7. The number of thioether (sulfide) groups is 1. The zero-order valence-corrected chi connectivity index (χ0v) is 11.9. The van der Waals surface area contributed by atoms with Crippen LogP contribution in [0.15, 0.2) is 0 Å². The average molecular weight is 286 g/mol. The van der Waals surface area contributed by atoms with E-state index in [1.54, 1.807) is 0 Å². The molecule has 0 spiro atoms. The molecule has 0 unspecified atom stereocenters. The topological polar surface area (TPSA) is 78.4 Å². The molecule has 2 amide bonds. The molecule has 3 N–H and O–H groups in total. The maximum atomic E-state index is 11.8. The highest BCUT2D eigenvalue weighted by Crippen LogP contribution is 2.37. The molecule has 0 radical (unpaired) electrons. The Balaban J connectivity index is 1.77. The third kappa shape index (κ3) is 3.78. The molecule has 0 aromatic heterocycles. The Labute approximate surface area is 117 Å². The van der Waals surface area contributed by atoms with Crippen molar-refractivity contribution in [2.45, 2.75) is 44.6 Å². The van der Waals surface area contributed by atoms with Crippen LogP contribution in [0.1, 0.15) is 38.5 Å². The van der Waals surface area contributed by atoms with Crippen molar-refractivity contribution in [2.75, 3.05) is 18.1 Å². The number of hydrogen-bond acceptors (Lipinski definition) is 3. The highest BCUT2D eigenvalue weighted by Gasteiger charge is 2.41. The summed E-state index contributed by atoms with van der Waals surface area (Å²) in [4.78, 5) is 23.2. The Morgan fingerprint density at radius 1 is 1.21 bits per heavy atom. The van der Waals surface area contributed by atoms with Crippen molar-refractivity contribution in [1.29, 1.82) is 0 Å². The van der Waals surface area contributed by atoms with Crippen LogP contribution in [0.4, 0.5) is 4.79 Å². The monoisotopic (exact) mass is 286 g/mol. The predicted octanol–water partition coefficient (Wildman–Crippen LogP) is 1.83. The minimum Gasteiger partial charge on any atom is -0.481 e. The first-order valence-corrected chi connectivity index (χ1v) is 8.13. The molecule has 0 aromatic rings. The predicted molar refractivity (Wildman–Crippen MR) is 75.4 cm³/mol. The van der Waals surface area contributed by atoms with E-state index in [1.807, 2.05) is 11.8 Å². The summed E-state index contributed by atoms with van der Waals surface area (Å²) in [6.45, 7) is 0.246. The first kappa shape index (κ1) is 14.5. The number of amides is 2. The van der Waals surface area contributed by atoms with E-state index >= 15 is 0 Å². The number of carboxylic acid groups (broad SMARTS) is 1. The molecule has 108 valence electrons. The minimum absolute atomic E-state index is 0.218. The van der Waals surface area contributed by atoms with Gasteiger partial charge < -0.3 is 15.7 Å². The van der Waals surface area contributed by atoms with Gasteiger partial charge in [0, 0.05) is 12.6 Å². The van der Waals surface area contributed by atoms with Crippen molar-refractivity contribution in [1.82, 2.24) is 10.6 Å². The first-order valence-electron chi connectivity index (χ1n) is 6.98. The molecule has 2 aliphatic rings. The van der Waals surface area contributed by atoms with Gasteiger partial charge in [-0.05, 0) is 37.2 Å². The summed E-state index contributed by atoms with van der Waals surface area (Å²) in [5.74, 6) is 1.40. The van der Waals surface area contributed by atoms with Gasteiger partial charge in [-0.25, -0.2) is 4.79 Å². The molecule has 19 heavy (non-hydrogen) atoms. The summed E-state index contributed by atoms with van der Waals surface area (Å²) >= 11 is 1.91. The largest absolute Gasteiger partial charge is 0.481 e. The maximum absolute atomic E-state index is 11.8. The van der Waals surface area contributed by atoms with Crippen LogP contribution in [-0.4, -0.2) is 41.2 Å². The fraction of sp³-hybridized carbons (Fsp3) is 0.846. The maximum Gasteiger partial charge on any atom is 0.315 e. The van der Waals surface area contributed by atoms with E-state index in [9.17, 15) is 14.7 Å². The zero-order valence-electron chi connectivity index (χ0n) is 11.1. The molecule has 1 saturated heterocycles. The molecule has 6 heteroatoms. The Morgan fingerprint density at radius 3 is 2.42 bits per heavy atom. The standard InChI is InChI=1S/C13H22N2O3S/c16-11(17)13(5-1-2-6-13)9-14-12(18)15-10-3-7-19-8-4-10/h10H,1-9H2,(H,16,17)(H2,14,15,18). The molecule has 1 aliphatic carbocycles. The summed E-state index contributed by atoms with van der Waals surface area (Å²) < 4.78 is 0. The molecule has 0 atom stereocenters. The highest BCUT2D eigenvalue weighted by molar-refractivity contribution is 7.99. The normalized spacial score (nSPS) is 22.9. The van der Waals surface area contributed by atoms with Gasteiger partial charge in [-0.2, -0.15) is 11.8 Å². The molecule has 1 aliphatic heterocycles. The Bertz CT molecular complexity index is 337. The van der Waals surface area contributed by atoms with Gasteiger partial charge in [0.1, 0.15) is 0 Å². The van der Waals surface area contributed by atoms with Gasteiger partial charge in [-0.1, -0.05) is 12.8 Å². The average Bonchev–Trinajstić information content (AvgIpc) is 2.88. The highest BCUT2D eigenvalue weighted by atomic mass is 32.2. The van der Waals surface area contributed by atoms with Gasteiger partial charge in [0.2, 0.25) is 0 Å². The third-order valence-corrected chi connectivity index (χ3v) is 5.21. The van der Waals surface area contributed by atoms with Gasteiger partial charge >= 0.3 is 12.0 Å². The molecule has 5 nitrogen and oxygen atoms in total. The number of carboxylic acids is 1. The van der Waals surface area contributed by atoms with Crippen LogP contribution < -0.4 is 10.6 Å². The second-order valence-electron chi connectivity index (χ2n) is 5.51. The van der Waals surface area contributed by atoms with Crippen LogP contribution in [0.2, 0.25) is 0 Å². The van der Waals surface area contributed by atoms with E-state index in [0.29, 0.717) is 12.8 Å². The van der Waals surface area contributed by atoms with Gasteiger partial charge in [0.15, 0.2) is 0 Å². The third-order valence-electron chi connectivity index (χ3n) is 4.16. The Kier molecular flexibility index (Phi) is 4.96. The lowest BCUT2D eigenvalue weighted by Crippen LogP contribution is -2.48. The van der Waals surface area contributed by atoms with Crippen molar-refractivity contribution in [3.05, 3.63) is 0 Å². The van der Waals surface area contributed by atoms with Crippen LogP contribution in [0.25, 0.3) is 0 Å². The number of hydrogen-bond donors (Lipinski definition) is 3. The van der Waals surface area contributed by atoms with Crippen molar-refractivity contribution in [3.63, 3.8) is 0 Å². The van der Waals surface area contributed by atoms with Gasteiger partial charge in [-0.3, -0.25) is 4.79 Å². The number of urea groups is 1. The van der Waals surface area contributed by atoms with Crippen LogP contribution in [0.5, 0.6) is 0 Å². The summed E-state index contributed by atoms with van der Waals surface area (Å²) in [5, 5.41) is 15.0. The lowest BCUT2D eigenvalue weighted by atomic mass is 9.86. The number of aliphatic carboxylic acids is 1. The van der Waals surface area contributed by atoms with E-state index in [4.69, 9.17) is 0 Å². The van der Waals surface area contributed by atoms with E-state index in [-0.39, 0.29) is 18.6 Å². The summed E-state index contributed by atoms with van der Waals surface area (Å²) in [6.07, 6.45) is 5.22. The second kappa shape index (κ2) is 6.50. The fourth-order valence-corrected chi connectivity index (χ4v) is 3.95. The minimum atomic E-state index is -0.778. The fourth-order valence-electron chi connectivity index (χ4n) is 2.85. The van der Waals surface area contributed by atoms with E-state index in [1.165, 1.54) is 0 Å². The number of carbonyl (C=O) groups is 2. The molecule has 1 heterocycles. The Hall–Kier alpha value is -0.910. The van der Waals surface area contributed by atoms with Gasteiger partial charge in [0.05, 0.1) is 5.41 Å². The van der Waals surface area contributed by atoms with Crippen molar-refractivity contribution < 1.29 is 14.7 Å². The second-order valence-corrected chi connectivity index (χ2v) is 6.73. The smallest absolute Gasteiger partial charge is 0.315 e. The number of nitrogens with one attached hydrogen (secondary N) is 2. The van der Waals surface area contributed by atoms with E-state index in [0.717, 1.165) is 37.2 Å². The van der Waals surface area contributed by atoms with Crippen LogP contribution >= 0.6 is 11.8 Å². The van der Waals surface area contributed by atoms with Gasteiger partial charge in [0.25, 0.3) is 0 Å². The molecule has 0 bridgehead atoms. The molecule has 2 rings (SSSR count). The lowest BCUT2D eigenvalue weighted by molar-refractivity contribution is -0.148. The lowest BCUT2D eigenvalue weighted by Gasteiger charge is -2.26. The molecular weight excluding hydrogens is 264 g/mol. The number of carbonyl (C=O) groups excluding carboxylic acids is 1. The quantitative estimate of drug-likeness (QED) is 0.736. The summed E-state index contributed by atoms with van der Waals surface area (Å²) in [5.41, 5.74) is -0.736. The summed E-state index contributed by atoms with van der Waals surface area (Å²) in [6, 6.07) is 0.0232. The SMILES string of the molecule is O=C(NCC1(C(=O)O)CCCC1)NC1CCSCC1. The summed E-state index contributed by atoms with van der Waals surface area (Å²) in [7, 11) is 0. The van der Waals surface area contributed by atoms with E-state index < -0.39 is 11.4 Å². The molecule has 2 fully saturated rings. The van der Waals surface area contributed by atoms with Gasteiger partial charge in [-0.15, -0.1) is 0 Å². The molecule has 1 saturated carbocycles. The molecule has 0 aromatic carbocycles. The van der Waals surface area contributed by atoms with Crippen molar-refractivity contribution in [2.24, 2.45) is 5.41 Å². The van der Waals surface area contributed by atoms with E-state index in [2.05, 4.69) is 10.6 Å². The van der Waals surface area contributed by atoms with Crippen LogP contribution in [-0.2, 0) is 4.79 Å². The van der Waals surface area contributed by atoms with Crippen LogP contribution in [0, 0.1) is 5.41 Å². The van der Waals surface area contributed by atoms with Crippen LogP contribution in [0.3, 0.4) is 0 Å². The van der Waals surface area contributed by atoms with Crippen molar-refractivity contribution >= 4 is 23.8 Å². The van der Waals surface area contributed by atoms with Crippen molar-refractivity contribution in [3.8, 4) is 0 Å². The number of rotatable bonds is 4. The Morgan fingerprint density at radius 2 is 1.84 bits per heavy atom. The first-order chi connectivity index (χ1) is 9.12.